The van der Waals surface area contributed by atoms with Gasteiger partial charge in [-0.2, -0.15) is 0 Å². The number of hydrogen-bond acceptors (Lipinski definition) is 13. The van der Waals surface area contributed by atoms with E-state index in [9.17, 15) is 14.4 Å². The van der Waals surface area contributed by atoms with Gasteiger partial charge < -0.3 is 29.0 Å². The lowest BCUT2D eigenvalue weighted by atomic mass is 9.68. The Labute approximate surface area is 394 Å². The first-order chi connectivity index (χ1) is 30.3. The molecule has 14 heteroatoms. The molecule has 3 fully saturated rings. The molecule has 0 spiro atoms. The van der Waals surface area contributed by atoms with E-state index in [0.29, 0.717) is 25.9 Å². The van der Waals surface area contributed by atoms with Gasteiger partial charge in [-0.05, 0) is 141 Å². The first-order valence-electron chi connectivity index (χ1n) is 23.5. The molecule has 3 heterocycles. The lowest BCUT2D eigenvalue weighted by Crippen LogP contribution is -2.74. The predicted molar refractivity (Wildman–Crippen MR) is 255 cm³/mol. The Hall–Kier alpha value is -4.53. The van der Waals surface area contributed by atoms with E-state index in [-0.39, 0.29) is 45.6 Å². The molecule has 5 rings (SSSR count). The highest BCUT2D eigenvalue weighted by Crippen LogP contribution is 2.47. The summed E-state index contributed by atoms with van der Waals surface area (Å²) in [5.74, 6) is -3.00. The van der Waals surface area contributed by atoms with Crippen molar-refractivity contribution in [2.45, 2.75) is 175 Å². The molecule has 2 bridgehead atoms. The monoisotopic (exact) mass is 921 g/mol. The zero-order valence-corrected chi connectivity index (χ0v) is 42.6. The summed E-state index contributed by atoms with van der Waals surface area (Å²) in [5.41, 5.74) is -4.81. The number of benzene rings is 2. The van der Waals surface area contributed by atoms with Gasteiger partial charge in [0.05, 0.1) is 24.5 Å². The highest BCUT2D eigenvalue weighted by molar-refractivity contribution is 5.83. The third-order valence-electron chi connectivity index (χ3n) is 11.3. The number of piperazine rings is 1. The van der Waals surface area contributed by atoms with E-state index in [2.05, 4.69) is 15.1 Å². The number of carbonyl (C=O) groups excluding carboxylic acids is 5. The van der Waals surface area contributed by atoms with Crippen LogP contribution in [0.3, 0.4) is 0 Å². The van der Waals surface area contributed by atoms with Crippen LogP contribution in [0.15, 0.2) is 60.7 Å². The number of carbonyl (C=O) groups is 5. The molecule has 2 aromatic carbocycles. The Bertz CT molecular complexity index is 1930. The van der Waals surface area contributed by atoms with Crippen molar-refractivity contribution < 1.29 is 47.7 Å². The molecule has 3 aliphatic rings. The molecule has 0 aromatic heterocycles. The van der Waals surface area contributed by atoms with Crippen molar-refractivity contribution >= 4 is 30.0 Å². The van der Waals surface area contributed by atoms with Crippen molar-refractivity contribution in [2.24, 2.45) is 5.92 Å². The molecule has 1 amide bonds. The predicted octanol–water partition coefficient (Wildman–Crippen LogP) is 7.54. The summed E-state index contributed by atoms with van der Waals surface area (Å²) in [6.07, 6.45) is 0.634. The van der Waals surface area contributed by atoms with Gasteiger partial charge in [-0.25, -0.2) is 4.79 Å². The fraction of sp³-hybridized carbons (Fsp3) is 0.673. The van der Waals surface area contributed by atoms with Gasteiger partial charge in [0, 0.05) is 38.3 Å². The van der Waals surface area contributed by atoms with Crippen LogP contribution in [0, 0.1) is 5.92 Å². The molecule has 0 aliphatic carbocycles. The van der Waals surface area contributed by atoms with Gasteiger partial charge in [-0.1, -0.05) is 60.7 Å². The number of ether oxygens (including phenoxy) is 5. The van der Waals surface area contributed by atoms with Gasteiger partial charge in [-0.3, -0.25) is 33.9 Å². The van der Waals surface area contributed by atoms with Crippen LogP contribution < -0.4 is 5.32 Å². The lowest BCUT2D eigenvalue weighted by molar-refractivity contribution is -0.184. The number of alkyl carbamates (subject to hydrolysis) is 1. The number of nitrogens with one attached hydrogen (secondary N) is 1. The van der Waals surface area contributed by atoms with Crippen LogP contribution in [-0.2, 0) is 55.7 Å². The van der Waals surface area contributed by atoms with E-state index < -0.39 is 81.0 Å². The molecule has 66 heavy (non-hydrogen) atoms. The van der Waals surface area contributed by atoms with Crippen LogP contribution >= 0.6 is 0 Å². The standard InChI is InChI=1S/C52H80N4O10/c1-46(2,3)62-40(57)33-56(34-41(58)63-47(4,5)6)51(28-29-53-45(61)66-50(13,14)15)35-54-30-31-55(36-51)52(32-38-24-20-17-21-25-38,42(54)44(60)65-49(10,11)12)39(43(59)64-48(7,8)9)27-26-37-22-18-16-19-23-37/h16-25,39,42H,26-36H2,1-15H3,(H,53,61)/t39-,42-,51?,52?/m1/s1. The first kappa shape index (κ1) is 54.1. The Morgan fingerprint density at radius 3 is 1.61 bits per heavy atom. The van der Waals surface area contributed by atoms with E-state index in [1.807, 2.05) is 102 Å². The second-order valence-corrected chi connectivity index (χ2v) is 23.0. The zero-order chi connectivity index (χ0) is 49.5. The summed E-state index contributed by atoms with van der Waals surface area (Å²) >= 11 is 0. The van der Waals surface area contributed by atoms with Gasteiger partial charge in [0.15, 0.2) is 0 Å². The number of amides is 1. The Kier molecular flexibility index (Phi) is 17.4. The Morgan fingerprint density at radius 1 is 0.636 bits per heavy atom. The molecule has 14 nitrogen and oxygen atoms in total. The van der Waals surface area contributed by atoms with Crippen molar-refractivity contribution in [3.05, 3.63) is 71.8 Å². The number of hydrogen-bond donors (Lipinski definition) is 1. The topological polar surface area (TPSA) is 153 Å². The maximum Gasteiger partial charge on any atom is 0.407 e. The summed E-state index contributed by atoms with van der Waals surface area (Å²) in [6, 6.07) is 18.7. The fourth-order valence-electron chi connectivity index (χ4n) is 9.21. The summed E-state index contributed by atoms with van der Waals surface area (Å²) in [6.45, 7) is 27.5. The summed E-state index contributed by atoms with van der Waals surface area (Å²) in [5, 5.41) is 2.93. The SMILES string of the molecule is CC(C)(C)OC(=O)CN(CC(=O)OC(C)(C)C)C1(CCNC(=O)OC(C)(C)C)CN2CCN(C1)C(Cc1ccccc1)([C@H](CCc1ccccc1)C(=O)OC(C)(C)C)[C@H]2C(=O)OC(C)(C)C. The second-order valence-electron chi connectivity index (χ2n) is 23.0. The molecule has 2 aromatic rings. The van der Waals surface area contributed by atoms with Gasteiger partial charge in [0.1, 0.15) is 34.0 Å². The van der Waals surface area contributed by atoms with Gasteiger partial charge in [0.25, 0.3) is 0 Å². The van der Waals surface area contributed by atoms with Crippen LogP contribution in [-0.4, -0.2) is 136 Å². The van der Waals surface area contributed by atoms with Crippen LogP contribution in [0.1, 0.15) is 128 Å². The molecule has 3 aliphatic heterocycles. The molecule has 1 N–H and O–H groups in total. The second kappa shape index (κ2) is 21.2. The van der Waals surface area contributed by atoms with E-state index in [1.54, 1.807) is 67.2 Å². The van der Waals surface area contributed by atoms with Crippen LogP contribution in [0.25, 0.3) is 0 Å². The van der Waals surface area contributed by atoms with E-state index >= 15 is 9.59 Å². The van der Waals surface area contributed by atoms with E-state index in [4.69, 9.17) is 23.7 Å². The smallest absolute Gasteiger partial charge is 0.407 e. The largest absolute Gasteiger partial charge is 0.460 e. The first-order valence-corrected chi connectivity index (χ1v) is 23.5. The van der Waals surface area contributed by atoms with Gasteiger partial charge in [0.2, 0.25) is 0 Å². The molecule has 6 atom stereocenters. The average molecular weight is 921 g/mol. The van der Waals surface area contributed by atoms with Crippen molar-refractivity contribution in [3.63, 3.8) is 0 Å². The zero-order valence-electron chi connectivity index (χ0n) is 42.6. The van der Waals surface area contributed by atoms with Crippen molar-refractivity contribution in [2.75, 3.05) is 45.8 Å². The minimum absolute atomic E-state index is 0.0714. The van der Waals surface area contributed by atoms with Crippen molar-refractivity contribution in [1.82, 2.24) is 20.0 Å². The fourth-order valence-corrected chi connectivity index (χ4v) is 9.21. The molecular formula is C52H80N4O10. The van der Waals surface area contributed by atoms with Crippen LogP contribution in [0.4, 0.5) is 4.79 Å². The average Bonchev–Trinajstić information content (AvgIpc) is 3.38. The van der Waals surface area contributed by atoms with Crippen molar-refractivity contribution in [3.8, 4) is 0 Å². The van der Waals surface area contributed by atoms with Gasteiger partial charge in [-0.15, -0.1) is 0 Å². The number of fused-ring (bicyclic) bond motifs is 4. The number of aryl methyl sites for hydroxylation is 1. The minimum atomic E-state index is -1.32. The quantitative estimate of drug-likeness (QED) is 0.131. The summed E-state index contributed by atoms with van der Waals surface area (Å²) in [4.78, 5) is 78.3. The van der Waals surface area contributed by atoms with E-state index in [1.165, 1.54) is 0 Å². The number of nitrogens with zero attached hydrogens (tertiary/aromatic N) is 3. The van der Waals surface area contributed by atoms with Crippen LogP contribution in [0.2, 0.25) is 0 Å². The number of rotatable bonds is 16. The molecule has 0 radical (unpaired) electrons. The van der Waals surface area contributed by atoms with Crippen molar-refractivity contribution in [1.29, 1.82) is 0 Å². The highest BCUT2D eigenvalue weighted by Gasteiger charge is 2.65. The lowest BCUT2D eigenvalue weighted by Gasteiger charge is -2.56. The molecule has 368 valence electrons. The highest BCUT2D eigenvalue weighted by atomic mass is 16.6. The van der Waals surface area contributed by atoms with Crippen LogP contribution in [0.5, 0.6) is 0 Å². The molecular weight excluding hydrogens is 841 g/mol. The summed E-state index contributed by atoms with van der Waals surface area (Å²) < 4.78 is 30.3. The molecule has 0 saturated carbocycles. The summed E-state index contributed by atoms with van der Waals surface area (Å²) in [7, 11) is 0. The maximum atomic E-state index is 15.5. The normalized spacial score (nSPS) is 23.0. The maximum absolute atomic E-state index is 15.5. The van der Waals surface area contributed by atoms with Gasteiger partial charge >= 0.3 is 30.0 Å². The van der Waals surface area contributed by atoms with E-state index in [0.717, 1.165) is 11.1 Å². The third-order valence-corrected chi connectivity index (χ3v) is 11.3. The minimum Gasteiger partial charge on any atom is -0.460 e. The molecule has 3 saturated heterocycles. The third kappa shape index (κ3) is 16.1. The Morgan fingerprint density at radius 2 is 1.12 bits per heavy atom. The Balaban J connectivity index is 2.08. The number of esters is 4. The molecule has 4 unspecified atom stereocenters.